The Morgan fingerprint density at radius 1 is 1.12 bits per heavy atom. The molecule has 1 saturated heterocycles. The monoisotopic (exact) mass is 499 g/mol. The van der Waals surface area contributed by atoms with Crippen LogP contribution in [0.2, 0.25) is 0 Å². The third kappa shape index (κ3) is 5.84. The largest absolute Gasteiger partial charge is 0.493 e. The molecule has 1 aliphatic heterocycles. The summed E-state index contributed by atoms with van der Waals surface area (Å²) in [7, 11) is -3.45. The number of benzene rings is 2. The predicted molar refractivity (Wildman–Crippen MR) is 133 cm³/mol. The van der Waals surface area contributed by atoms with Gasteiger partial charge in [-0.25, -0.2) is 13.4 Å². The quantitative estimate of drug-likeness (QED) is 0.481. The lowest BCUT2D eigenvalue weighted by Gasteiger charge is -2.31. The summed E-state index contributed by atoms with van der Waals surface area (Å²) in [6.45, 7) is 4.00. The van der Waals surface area contributed by atoms with Gasteiger partial charge in [0.05, 0.1) is 29.2 Å². The van der Waals surface area contributed by atoms with Gasteiger partial charge in [-0.15, -0.1) is 11.3 Å². The van der Waals surface area contributed by atoms with Gasteiger partial charge in [0.15, 0.2) is 0 Å². The lowest BCUT2D eigenvalue weighted by atomic mass is 9.98. The third-order valence-electron chi connectivity index (χ3n) is 5.85. The number of thiazole rings is 1. The average molecular weight is 500 g/mol. The number of sulfonamides is 1. The van der Waals surface area contributed by atoms with Crippen LogP contribution in [-0.4, -0.2) is 49.9 Å². The van der Waals surface area contributed by atoms with Gasteiger partial charge in [-0.3, -0.25) is 4.79 Å². The van der Waals surface area contributed by atoms with Crippen molar-refractivity contribution in [3.63, 3.8) is 0 Å². The Bertz CT molecular complexity index is 1200. The zero-order chi connectivity index (χ0) is 24.0. The number of hydrogen-bond donors (Lipinski definition) is 1. The molecular weight excluding hydrogens is 470 g/mol. The maximum absolute atomic E-state index is 12.8. The molecule has 1 aliphatic rings. The second kappa shape index (κ2) is 11.1. The van der Waals surface area contributed by atoms with Gasteiger partial charge in [0.2, 0.25) is 15.9 Å². The van der Waals surface area contributed by atoms with Crippen LogP contribution in [-0.2, 0) is 21.2 Å². The number of carbonyl (C=O) groups excluding carboxylic acids is 1. The molecule has 4 rings (SSSR count). The Hall–Kier alpha value is -2.75. The van der Waals surface area contributed by atoms with Crippen molar-refractivity contribution in [2.45, 2.75) is 31.1 Å². The van der Waals surface area contributed by atoms with Crippen molar-refractivity contribution in [2.75, 3.05) is 26.2 Å². The van der Waals surface area contributed by atoms with E-state index < -0.39 is 10.0 Å². The molecule has 1 amide bonds. The van der Waals surface area contributed by atoms with Crippen molar-refractivity contribution in [1.29, 1.82) is 0 Å². The summed E-state index contributed by atoms with van der Waals surface area (Å²) in [6.07, 6.45) is 1.66. The Morgan fingerprint density at radius 3 is 2.56 bits per heavy atom. The van der Waals surface area contributed by atoms with Crippen LogP contribution in [0.1, 0.15) is 25.5 Å². The van der Waals surface area contributed by atoms with E-state index in [-0.39, 0.29) is 18.2 Å². The number of aromatic nitrogens is 1. The Balaban J connectivity index is 1.26. The predicted octanol–water partition coefficient (Wildman–Crippen LogP) is 3.97. The van der Waals surface area contributed by atoms with Gasteiger partial charge >= 0.3 is 0 Å². The number of hydrogen-bond acceptors (Lipinski definition) is 6. The fourth-order valence-corrected chi connectivity index (χ4v) is 6.36. The summed E-state index contributed by atoms with van der Waals surface area (Å²) < 4.78 is 32.8. The van der Waals surface area contributed by atoms with Crippen LogP contribution in [0.25, 0.3) is 10.6 Å². The summed E-state index contributed by atoms with van der Waals surface area (Å²) in [5, 5.41) is 5.74. The minimum atomic E-state index is -3.45. The lowest BCUT2D eigenvalue weighted by molar-refractivity contribution is -0.120. The normalized spacial score (nSPS) is 15.2. The summed E-state index contributed by atoms with van der Waals surface area (Å²) in [4.78, 5) is 17.5. The molecule has 3 aromatic rings. The number of ether oxygens (including phenoxy) is 1. The van der Waals surface area contributed by atoms with E-state index >= 15 is 0 Å². The van der Waals surface area contributed by atoms with Gasteiger partial charge < -0.3 is 10.1 Å². The van der Waals surface area contributed by atoms with Crippen molar-refractivity contribution in [2.24, 2.45) is 5.92 Å². The molecule has 34 heavy (non-hydrogen) atoms. The second-order valence-corrected chi connectivity index (χ2v) is 11.0. The SMILES string of the molecule is CCOc1ccccc1-c1nc(CC(=O)NCC2CCN(S(=O)(=O)c3ccccc3)CC2)cs1. The van der Waals surface area contributed by atoms with Crippen LogP contribution < -0.4 is 10.1 Å². The highest BCUT2D eigenvalue weighted by molar-refractivity contribution is 7.89. The zero-order valence-corrected chi connectivity index (χ0v) is 20.8. The molecule has 0 saturated carbocycles. The molecule has 2 aromatic carbocycles. The highest BCUT2D eigenvalue weighted by Crippen LogP contribution is 2.32. The Labute approximate surface area is 204 Å². The Kier molecular flexibility index (Phi) is 7.97. The lowest BCUT2D eigenvalue weighted by Crippen LogP contribution is -2.41. The van der Waals surface area contributed by atoms with E-state index in [2.05, 4.69) is 10.3 Å². The molecule has 0 atom stereocenters. The smallest absolute Gasteiger partial charge is 0.243 e. The first-order valence-corrected chi connectivity index (χ1v) is 13.8. The van der Waals surface area contributed by atoms with Crippen LogP contribution >= 0.6 is 11.3 Å². The molecule has 1 aromatic heterocycles. The van der Waals surface area contributed by atoms with E-state index in [0.29, 0.717) is 31.1 Å². The van der Waals surface area contributed by atoms with Gasteiger partial charge in [-0.2, -0.15) is 4.31 Å². The molecule has 9 heteroatoms. The standard InChI is InChI=1S/C25H29N3O4S2/c1-2-32-23-11-7-6-10-22(23)25-27-20(18-33-25)16-24(29)26-17-19-12-14-28(15-13-19)34(30,31)21-8-4-3-5-9-21/h3-11,18-19H,2,12-17H2,1H3,(H,26,29). The molecule has 7 nitrogen and oxygen atoms in total. The van der Waals surface area contributed by atoms with E-state index in [1.165, 1.54) is 15.6 Å². The van der Waals surface area contributed by atoms with E-state index in [1.54, 1.807) is 30.3 Å². The summed E-state index contributed by atoms with van der Waals surface area (Å²) in [5.74, 6) is 0.973. The van der Waals surface area contributed by atoms with Gasteiger partial charge in [0.25, 0.3) is 0 Å². The van der Waals surface area contributed by atoms with Crippen LogP contribution in [0.15, 0.2) is 64.9 Å². The van der Waals surface area contributed by atoms with E-state index in [0.717, 1.165) is 34.9 Å². The number of para-hydroxylation sites is 1. The molecule has 0 radical (unpaired) electrons. The molecule has 0 spiro atoms. The van der Waals surface area contributed by atoms with Crippen molar-refractivity contribution in [3.05, 3.63) is 65.7 Å². The van der Waals surface area contributed by atoms with Crippen LogP contribution in [0.5, 0.6) is 5.75 Å². The van der Waals surface area contributed by atoms with Gasteiger partial charge in [0, 0.05) is 25.0 Å². The molecule has 0 aliphatic carbocycles. The topological polar surface area (TPSA) is 88.6 Å². The van der Waals surface area contributed by atoms with E-state index in [1.807, 2.05) is 36.6 Å². The average Bonchev–Trinajstić information content (AvgIpc) is 3.32. The molecule has 2 heterocycles. The maximum Gasteiger partial charge on any atom is 0.243 e. The minimum Gasteiger partial charge on any atom is -0.493 e. The fraction of sp³-hybridized carbons (Fsp3) is 0.360. The number of piperidine rings is 1. The molecule has 180 valence electrons. The molecule has 0 unspecified atom stereocenters. The first kappa shape index (κ1) is 24.4. The first-order valence-electron chi connectivity index (χ1n) is 11.5. The van der Waals surface area contributed by atoms with Crippen molar-refractivity contribution in [3.8, 4) is 16.3 Å². The summed E-state index contributed by atoms with van der Waals surface area (Å²) in [5.41, 5.74) is 1.66. The van der Waals surface area contributed by atoms with Gasteiger partial charge in [-0.1, -0.05) is 30.3 Å². The Morgan fingerprint density at radius 2 is 1.82 bits per heavy atom. The highest BCUT2D eigenvalue weighted by atomic mass is 32.2. The number of rotatable bonds is 9. The molecule has 1 N–H and O–H groups in total. The number of nitrogens with zero attached hydrogens (tertiary/aromatic N) is 2. The summed E-state index contributed by atoms with van der Waals surface area (Å²) >= 11 is 1.50. The van der Waals surface area contributed by atoms with Crippen LogP contribution in [0, 0.1) is 5.92 Å². The van der Waals surface area contributed by atoms with Gasteiger partial charge in [0.1, 0.15) is 10.8 Å². The molecular formula is C25H29N3O4S2. The van der Waals surface area contributed by atoms with E-state index in [4.69, 9.17) is 4.74 Å². The number of nitrogens with one attached hydrogen (secondary N) is 1. The van der Waals surface area contributed by atoms with Crippen LogP contribution in [0.3, 0.4) is 0 Å². The third-order valence-corrected chi connectivity index (χ3v) is 8.69. The minimum absolute atomic E-state index is 0.0747. The maximum atomic E-state index is 12.8. The zero-order valence-electron chi connectivity index (χ0n) is 19.1. The van der Waals surface area contributed by atoms with Crippen LogP contribution in [0.4, 0.5) is 0 Å². The van der Waals surface area contributed by atoms with E-state index in [9.17, 15) is 13.2 Å². The fourth-order valence-electron chi connectivity index (χ4n) is 4.02. The van der Waals surface area contributed by atoms with Crippen molar-refractivity contribution in [1.82, 2.24) is 14.6 Å². The number of amides is 1. The highest BCUT2D eigenvalue weighted by Gasteiger charge is 2.29. The number of carbonyl (C=O) groups is 1. The van der Waals surface area contributed by atoms with Gasteiger partial charge in [-0.05, 0) is 49.9 Å². The van der Waals surface area contributed by atoms with Crippen molar-refractivity contribution < 1.29 is 17.9 Å². The first-order chi connectivity index (χ1) is 16.5. The molecule has 0 bridgehead atoms. The summed E-state index contributed by atoms with van der Waals surface area (Å²) in [6, 6.07) is 16.3. The van der Waals surface area contributed by atoms with Crippen molar-refractivity contribution >= 4 is 27.3 Å². The second-order valence-electron chi connectivity index (χ2n) is 8.21. The molecule has 1 fully saturated rings.